The fraction of sp³-hybridized carbons (Fsp3) is 0.609. The molecule has 1 fully saturated rings. The number of ketones is 1. The van der Waals surface area contributed by atoms with Crippen LogP contribution < -0.4 is 5.32 Å². The SMILES string of the molecule is C=C/C=C/CC1C2=C(NC1CC1CCCC1)C(C)C(=O)C(CC)C2=C. The zero-order chi connectivity index (χ0) is 18.0. The predicted octanol–water partition coefficient (Wildman–Crippen LogP) is 5.34. The molecule has 1 saturated carbocycles. The lowest BCUT2D eigenvalue weighted by Gasteiger charge is -2.30. The molecule has 0 bridgehead atoms. The zero-order valence-electron chi connectivity index (χ0n) is 15.9. The highest BCUT2D eigenvalue weighted by Crippen LogP contribution is 2.46. The van der Waals surface area contributed by atoms with Crippen LogP contribution in [0.25, 0.3) is 0 Å². The third-order valence-electron chi connectivity index (χ3n) is 6.59. The van der Waals surface area contributed by atoms with Gasteiger partial charge in [-0.05, 0) is 43.3 Å². The van der Waals surface area contributed by atoms with E-state index in [1.54, 1.807) is 0 Å². The molecule has 4 atom stereocenters. The lowest BCUT2D eigenvalue weighted by molar-refractivity contribution is -0.124. The van der Waals surface area contributed by atoms with Gasteiger partial charge in [-0.25, -0.2) is 0 Å². The lowest BCUT2D eigenvalue weighted by atomic mass is 9.71. The molecular formula is C23H33NO. The molecule has 136 valence electrons. The van der Waals surface area contributed by atoms with Gasteiger partial charge in [0.05, 0.1) is 5.92 Å². The van der Waals surface area contributed by atoms with Crippen molar-refractivity contribution in [2.75, 3.05) is 0 Å². The van der Waals surface area contributed by atoms with E-state index in [9.17, 15) is 4.79 Å². The summed E-state index contributed by atoms with van der Waals surface area (Å²) in [4.78, 5) is 12.8. The normalized spacial score (nSPS) is 33.2. The molecule has 1 N–H and O–H groups in total. The first-order valence-corrected chi connectivity index (χ1v) is 10.1. The molecule has 2 nitrogen and oxygen atoms in total. The van der Waals surface area contributed by atoms with Gasteiger partial charge in [-0.3, -0.25) is 4.79 Å². The van der Waals surface area contributed by atoms with E-state index < -0.39 is 0 Å². The molecule has 0 aromatic heterocycles. The predicted molar refractivity (Wildman–Crippen MR) is 105 cm³/mol. The van der Waals surface area contributed by atoms with Crippen LogP contribution in [0.3, 0.4) is 0 Å². The largest absolute Gasteiger partial charge is 0.384 e. The third kappa shape index (κ3) is 3.41. The molecule has 0 radical (unpaired) electrons. The van der Waals surface area contributed by atoms with Crippen LogP contribution >= 0.6 is 0 Å². The highest BCUT2D eigenvalue weighted by Gasteiger charge is 2.45. The van der Waals surface area contributed by atoms with Crippen LogP contribution in [0.15, 0.2) is 48.2 Å². The number of hydrogen-bond donors (Lipinski definition) is 1. The fourth-order valence-electron chi connectivity index (χ4n) is 5.23. The van der Waals surface area contributed by atoms with Crippen molar-refractivity contribution in [3.63, 3.8) is 0 Å². The number of hydrogen-bond acceptors (Lipinski definition) is 2. The molecular weight excluding hydrogens is 306 g/mol. The Balaban J connectivity index is 1.88. The Hall–Kier alpha value is -1.57. The monoisotopic (exact) mass is 339 g/mol. The molecule has 4 unspecified atom stereocenters. The summed E-state index contributed by atoms with van der Waals surface area (Å²) in [5.41, 5.74) is 3.63. The van der Waals surface area contributed by atoms with Gasteiger partial charge in [-0.2, -0.15) is 0 Å². The van der Waals surface area contributed by atoms with Crippen molar-refractivity contribution in [1.82, 2.24) is 5.32 Å². The highest BCUT2D eigenvalue weighted by molar-refractivity contribution is 5.91. The van der Waals surface area contributed by atoms with E-state index >= 15 is 0 Å². The Morgan fingerprint density at radius 2 is 2.00 bits per heavy atom. The van der Waals surface area contributed by atoms with Gasteiger partial charge < -0.3 is 5.32 Å². The smallest absolute Gasteiger partial charge is 0.148 e. The van der Waals surface area contributed by atoms with Crippen molar-refractivity contribution in [2.45, 2.75) is 64.8 Å². The molecule has 3 rings (SSSR count). The second-order valence-electron chi connectivity index (χ2n) is 8.08. The Bertz CT molecular complexity index is 606. The van der Waals surface area contributed by atoms with Gasteiger partial charge in [0.1, 0.15) is 5.78 Å². The first-order chi connectivity index (χ1) is 12.1. The summed E-state index contributed by atoms with van der Waals surface area (Å²) in [6.07, 6.45) is 14.7. The topological polar surface area (TPSA) is 29.1 Å². The molecule has 0 aromatic carbocycles. The van der Waals surface area contributed by atoms with Crippen LogP contribution in [0.2, 0.25) is 0 Å². The van der Waals surface area contributed by atoms with Crippen molar-refractivity contribution >= 4 is 5.78 Å². The van der Waals surface area contributed by atoms with E-state index in [4.69, 9.17) is 0 Å². The Labute approximate surface area is 153 Å². The van der Waals surface area contributed by atoms with Gasteiger partial charge in [0.2, 0.25) is 0 Å². The minimum Gasteiger partial charge on any atom is -0.384 e. The summed E-state index contributed by atoms with van der Waals surface area (Å²) < 4.78 is 0. The maximum atomic E-state index is 12.8. The molecule has 0 spiro atoms. The van der Waals surface area contributed by atoms with Gasteiger partial charge in [-0.1, -0.05) is 64.0 Å². The van der Waals surface area contributed by atoms with Crippen LogP contribution in [-0.4, -0.2) is 11.8 Å². The summed E-state index contributed by atoms with van der Waals surface area (Å²) in [6.45, 7) is 12.4. The highest BCUT2D eigenvalue weighted by atomic mass is 16.1. The third-order valence-corrected chi connectivity index (χ3v) is 6.59. The standard InChI is InChI=1S/C23H33NO/c1-5-7-8-13-19-20(14-17-11-9-10-12-17)24-22-16(4)23(25)18(6-2)15(3)21(19)22/h5,7-8,16-20,24H,1,3,6,9-14H2,2,4H3/b8-7+. The molecule has 1 aliphatic heterocycles. The van der Waals surface area contributed by atoms with E-state index in [-0.39, 0.29) is 11.8 Å². The van der Waals surface area contributed by atoms with Gasteiger partial charge >= 0.3 is 0 Å². The van der Waals surface area contributed by atoms with Crippen LogP contribution in [-0.2, 0) is 4.79 Å². The number of carbonyl (C=O) groups excluding carboxylic acids is 1. The quantitative estimate of drug-likeness (QED) is 0.662. The van der Waals surface area contributed by atoms with Crippen LogP contribution in [0.1, 0.15) is 58.8 Å². The molecule has 0 saturated heterocycles. The second-order valence-corrected chi connectivity index (χ2v) is 8.08. The zero-order valence-corrected chi connectivity index (χ0v) is 15.9. The van der Waals surface area contributed by atoms with Crippen molar-refractivity contribution in [2.24, 2.45) is 23.7 Å². The van der Waals surface area contributed by atoms with E-state index in [1.165, 1.54) is 43.4 Å². The maximum absolute atomic E-state index is 12.8. The van der Waals surface area contributed by atoms with E-state index in [2.05, 4.69) is 38.4 Å². The van der Waals surface area contributed by atoms with Gasteiger partial charge in [0.15, 0.2) is 0 Å². The Morgan fingerprint density at radius 3 is 2.64 bits per heavy atom. The average molecular weight is 340 g/mol. The summed E-state index contributed by atoms with van der Waals surface area (Å²) in [6, 6.07) is 0.449. The Kier molecular flexibility index (Phi) is 5.66. The van der Waals surface area contributed by atoms with E-state index in [0.717, 1.165) is 24.3 Å². The molecule has 25 heavy (non-hydrogen) atoms. The van der Waals surface area contributed by atoms with Crippen molar-refractivity contribution in [1.29, 1.82) is 0 Å². The number of allylic oxidation sites excluding steroid dienone is 5. The fourth-order valence-corrected chi connectivity index (χ4v) is 5.23. The van der Waals surface area contributed by atoms with Crippen molar-refractivity contribution in [3.05, 3.63) is 48.2 Å². The van der Waals surface area contributed by atoms with Crippen LogP contribution in [0, 0.1) is 23.7 Å². The first-order valence-electron chi connectivity index (χ1n) is 10.1. The maximum Gasteiger partial charge on any atom is 0.148 e. The van der Waals surface area contributed by atoms with Gasteiger partial charge in [0, 0.05) is 23.6 Å². The van der Waals surface area contributed by atoms with Crippen molar-refractivity contribution < 1.29 is 4.79 Å². The summed E-state index contributed by atoms with van der Waals surface area (Å²) >= 11 is 0. The number of carbonyl (C=O) groups is 1. The molecule has 2 aliphatic carbocycles. The Morgan fingerprint density at radius 1 is 1.28 bits per heavy atom. The van der Waals surface area contributed by atoms with E-state index in [1.807, 2.05) is 12.2 Å². The molecule has 0 amide bonds. The second kappa shape index (κ2) is 7.76. The summed E-state index contributed by atoms with van der Waals surface area (Å²) in [5, 5.41) is 3.79. The summed E-state index contributed by atoms with van der Waals surface area (Å²) in [5.74, 6) is 1.63. The number of Topliss-reactive ketones (excluding diaryl/α,β-unsaturated/α-hetero) is 1. The molecule has 0 aromatic rings. The van der Waals surface area contributed by atoms with Crippen LogP contribution in [0.4, 0.5) is 0 Å². The minimum atomic E-state index is -0.00934. The minimum absolute atomic E-state index is 0.00617. The first kappa shape index (κ1) is 18.2. The van der Waals surface area contributed by atoms with Gasteiger partial charge in [-0.15, -0.1) is 0 Å². The summed E-state index contributed by atoms with van der Waals surface area (Å²) in [7, 11) is 0. The number of nitrogens with one attached hydrogen (secondary N) is 1. The van der Waals surface area contributed by atoms with Gasteiger partial charge in [0.25, 0.3) is 0 Å². The number of rotatable bonds is 6. The molecule has 3 aliphatic rings. The average Bonchev–Trinajstić information content (AvgIpc) is 3.23. The molecule has 2 heteroatoms. The lowest BCUT2D eigenvalue weighted by Crippen LogP contribution is -2.34. The van der Waals surface area contributed by atoms with Crippen molar-refractivity contribution in [3.8, 4) is 0 Å². The molecule has 1 heterocycles. The van der Waals surface area contributed by atoms with Crippen LogP contribution in [0.5, 0.6) is 0 Å². The van der Waals surface area contributed by atoms with E-state index in [0.29, 0.717) is 17.7 Å².